The van der Waals surface area contributed by atoms with Crippen LogP contribution in [-0.2, 0) is 32.2 Å². The molecular formula is C23H27NO6. The average Bonchev–Trinajstić information content (AvgIpc) is 2.70. The summed E-state index contributed by atoms with van der Waals surface area (Å²) in [5.74, 6) is -0.749. The van der Waals surface area contributed by atoms with Crippen LogP contribution in [0.2, 0.25) is 0 Å². The molecule has 2 aromatic carbocycles. The molecule has 7 nitrogen and oxygen atoms in total. The summed E-state index contributed by atoms with van der Waals surface area (Å²) in [6.45, 7) is 6.35. The molecule has 0 aromatic heterocycles. The second kappa shape index (κ2) is 10.4. The highest BCUT2D eigenvalue weighted by atomic mass is 16.6. The largest absolute Gasteiger partial charge is 0.459 e. The molecule has 30 heavy (non-hydrogen) atoms. The standard InChI is InChI=1S/C23H27NO6/c1-17(20(25)28-15-18-11-7-5-8-12-18)24(22(27)30-23(2,3)4)21(26)29-16-19-13-9-6-10-14-19/h5-14,17H,15-16H2,1-4H3/t17-/m0/s1. The summed E-state index contributed by atoms with van der Waals surface area (Å²) in [7, 11) is 0. The van der Waals surface area contributed by atoms with E-state index in [0.29, 0.717) is 4.90 Å². The van der Waals surface area contributed by atoms with Gasteiger partial charge in [-0.2, -0.15) is 4.90 Å². The lowest BCUT2D eigenvalue weighted by Crippen LogP contribution is -2.49. The molecule has 0 bridgehead atoms. The molecule has 2 amide bonds. The Labute approximate surface area is 176 Å². The molecule has 2 rings (SSSR count). The number of esters is 1. The summed E-state index contributed by atoms with van der Waals surface area (Å²) >= 11 is 0. The first-order valence-electron chi connectivity index (χ1n) is 9.61. The minimum atomic E-state index is -1.23. The molecular weight excluding hydrogens is 386 g/mol. The van der Waals surface area contributed by atoms with Gasteiger partial charge in [0.05, 0.1) is 0 Å². The Balaban J connectivity index is 2.09. The zero-order valence-corrected chi connectivity index (χ0v) is 17.7. The topological polar surface area (TPSA) is 82.1 Å². The minimum absolute atomic E-state index is 0.0191. The fourth-order valence-corrected chi connectivity index (χ4v) is 2.45. The van der Waals surface area contributed by atoms with Gasteiger partial charge in [0.15, 0.2) is 0 Å². The molecule has 0 spiro atoms. The van der Waals surface area contributed by atoms with Crippen LogP contribution in [0.25, 0.3) is 0 Å². The van der Waals surface area contributed by atoms with E-state index in [4.69, 9.17) is 14.2 Å². The lowest BCUT2D eigenvalue weighted by atomic mass is 10.2. The maximum atomic E-state index is 12.7. The van der Waals surface area contributed by atoms with Gasteiger partial charge in [-0.05, 0) is 38.8 Å². The van der Waals surface area contributed by atoms with Crippen LogP contribution in [0.15, 0.2) is 60.7 Å². The fraction of sp³-hybridized carbons (Fsp3) is 0.348. The van der Waals surface area contributed by atoms with Gasteiger partial charge in [-0.15, -0.1) is 0 Å². The third-order valence-electron chi connectivity index (χ3n) is 3.94. The molecule has 2 aromatic rings. The van der Waals surface area contributed by atoms with E-state index >= 15 is 0 Å². The lowest BCUT2D eigenvalue weighted by Gasteiger charge is -2.28. The van der Waals surface area contributed by atoms with E-state index in [2.05, 4.69) is 0 Å². The van der Waals surface area contributed by atoms with E-state index in [1.165, 1.54) is 6.92 Å². The van der Waals surface area contributed by atoms with Crippen LogP contribution in [0.4, 0.5) is 9.59 Å². The second-order valence-corrected chi connectivity index (χ2v) is 7.66. The lowest BCUT2D eigenvalue weighted by molar-refractivity contribution is -0.150. The third-order valence-corrected chi connectivity index (χ3v) is 3.94. The number of carbonyl (C=O) groups excluding carboxylic acids is 3. The number of rotatable bonds is 6. The summed E-state index contributed by atoms with van der Waals surface area (Å²) in [5.41, 5.74) is 0.672. The van der Waals surface area contributed by atoms with E-state index in [1.54, 1.807) is 57.2 Å². The van der Waals surface area contributed by atoms with Crippen molar-refractivity contribution in [1.29, 1.82) is 0 Å². The Hall–Kier alpha value is -3.35. The van der Waals surface area contributed by atoms with E-state index in [9.17, 15) is 14.4 Å². The number of hydrogen-bond donors (Lipinski definition) is 0. The molecule has 0 N–H and O–H groups in total. The van der Waals surface area contributed by atoms with Crippen LogP contribution in [-0.4, -0.2) is 34.7 Å². The molecule has 0 saturated carbocycles. The molecule has 0 saturated heterocycles. The molecule has 0 aliphatic rings. The Bertz CT molecular complexity index is 845. The first-order chi connectivity index (χ1) is 14.2. The van der Waals surface area contributed by atoms with Gasteiger partial charge >= 0.3 is 18.2 Å². The summed E-state index contributed by atoms with van der Waals surface area (Å²) < 4.78 is 15.8. The van der Waals surface area contributed by atoms with Crippen molar-refractivity contribution in [3.8, 4) is 0 Å². The molecule has 0 unspecified atom stereocenters. The number of hydrogen-bond acceptors (Lipinski definition) is 6. The summed E-state index contributed by atoms with van der Waals surface area (Å²) in [4.78, 5) is 38.5. The predicted molar refractivity (Wildman–Crippen MR) is 110 cm³/mol. The van der Waals surface area contributed by atoms with Crippen LogP contribution in [0.1, 0.15) is 38.8 Å². The van der Waals surface area contributed by atoms with Gasteiger partial charge in [-0.3, -0.25) is 0 Å². The summed E-state index contributed by atoms with van der Waals surface area (Å²) in [5, 5.41) is 0. The first-order valence-corrected chi connectivity index (χ1v) is 9.61. The van der Waals surface area contributed by atoms with Crippen LogP contribution in [0, 0.1) is 0 Å². The molecule has 0 heterocycles. The monoisotopic (exact) mass is 413 g/mol. The normalized spacial score (nSPS) is 11.9. The highest BCUT2D eigenvalue weighted by Crippen LogP contribution is 2.15. The van der Waals surface area contributed by atoms with Crippen molar-refractivity contribution in [2.24, 2.45) is 0 Å². The maximum absolute atomic E-state index is 12.7. The minimum Gasteiger partial charge on any atom is -0.459 e. The highest BCUT2D eigenvalue weighted by molar-refractivity contribution is 5.93. The second-order valence-electron chi connectivity index (χ2n) is 7.66. The average molecular weight is 413 g/mol. The molecule has 7 heteroatoms. The van der Waals surface area contributed by atoms with Crippen molar-refractivity contribution in [3.05, 3.63) is 71.8 Å². The molecule has 1 atom stereocenters. The van der Waals surface area contributed by atoms with Gasteiger partial charge in [0, 0.05) is 0 Å². The number of nitrogens with zero attached hydrogens (tertiary/aromatic N) is 1. The van der Waals surface area contributed by atoms with E-state index in [1.807, 2.05) is 24.3 Å². The van der Waals surface area contributed by atoms with Crippen LogP contribution < -0.4 is 0 Å². The number of ether oxygens (including phenoxy) is 3. The van der Waals surface area contributed by atoms with Gasteiger partial charge in [0.2, 0.25) is 0 Å². The van der Waals surface area contributed by atoms with Gasteiger partial charge in [-0.1, -0.05) is 60.7 Å². The zero-order chi connectivity index (χ0) is 22.1. The van der Waals surface area contributed by atoms with Crippen molar-refractivity contribution >= 4 is 18.2 Å². The van der Waals surface area contributed by atoms with Crippen LogP contribution >= 0.6 is 0 Å². The Morgan fingerprint density at radius 2 is 1.27 bits per heavy atom. The molecule has 0 aliphatic carbocycles. The SMILES string of the molecule is C[C@@H](C(=O)OCc1ccccc1)N(C(=O)OCc1ccccc1)C(=O)OC(C)(C)C. The molecule has 0 aliphatic heterocycles. The number of imide groups is 1. The van der Waals surface area contributed by atoms with Crippen molar-refractivity contribution < 1.29 is 28.6 Å². The Kier molecular flexibility index (Phi) is 7.98. The number of benzene rings is 2. The van der Waals surface area contributed by atoms with Crippen LogP contribution in [0.5, 0.6) is 0 Å². The number of carbonyl (C=O) groups is 3. The molecule has 0 radical (unpaired) electrons. The fourth-order valence-electron chi connectivity index (χ4n) is 2.45. The van der Waals surface area contributed by atoms with E-state index < -0.39 is 29.8 Å². The summed E-state index contributed by atoms with van der Waals surface area (Å²) in [6, 6.07) is 16.9. The predicted octanol–water partition coefficient (Wildman–Crippen LogP) is 4.69. The number of amides is 2. The first kappa shape index (κ1) is 22.9. The third kappa shape index (κ3) is 7.24. The van der Waals surface area contributed by atoms with Crippen LogP contribution in [0.3, 0.4) is 0 Å². The van der Waals surface area contributed by atoms with Crippen molar-refractivity contribution in [1.82, 2.24) is 4.90 Å². The van der Waals surface area contributed by atoms with Gasteiger partial charge in [0.25, 0.3) is 0 Å². The van der Waals surface area contributed by atoms with E-state index in [-0.39, 0.29) is 13.2 Å². The summed E-state index contributed by atoms with van der Waals surface area (Å²) in [6.07, 6.45) is -1.97. The molecule has 160 valence electrons. The van der Waals surface area contributed by atoms with E-state index in [0.717, 1.165) is 11.1 Å². The zero-order valence-electron chi connectivity index (χ0n) is 17.7. The smallest absolute Gasteiger partial charge is 0.420 e. The maximum Gasteiger partial charge on any atom is 0.420 e. The van der Waals surface area contributed by atoms with Crippen molar-refractivity contribution in [3.63, 3.8) is 0 Å². The van der Waals surface area contributed by atoms with Crippen molar-refractivity contribution in [2.45, 2.75) is 52.6 Å². The molecule has 0 fully saturated rings. The quantitative estimate of drug-likeness (QED) is 0.505. The Morgan fingerprint density at radius 3 is 1.73 bits per heavy atom. The van der Waals surface area contributed by atoms with Gasteiger partial charge in [0.1, 0.15) is 24.9 Å². The Morgan fingerprint density at radius 1 is 0.800 bits per heavy atom. The highest BCUT2D eigenvalue weighted by Gasteiger charge is 2.37. The van der Waals surface area contributed by atoms with Crippen molar-refractivity contribution in [2.75, 3.05) is 0 Å². The van der Waals surface area contributed by atoms with Gasteiger partial charge in [-0.25, -0.2) is 14.4 Å². The van der Waals surface area contributed by atoms with Gasteiger partial charge < -0.3 is 14.2 Å².